The molecule has 8 heteroatoms. The Balaban J connectivity index is 2.75. The quantitative estimate of drug-likeness (QED) is 0.700. The van der Waals surface area contributed by atoms with E-state index in [1.54, 1.807) is 0 Å². The van der Waals surface area contributed by atoms with Crippen LogP contribution in [-0.4, -0.2) is 46.6 Å². The Kier molecular flexibility index (Phi) is 6.36. The highest BCUT2D eigenvalue weighted by molar-refractivity contribution is 7.91. The van der Waals surface area contributed by atoms with Crippen molar-refractivity contribution in [2.75, 3.05) is 24.7 Å². The minimum Gasteiger partial charge on any atom is -0.384 e. The van der Waals surface area contributed by atoms with Crippen molar-refractivity contribution in [3.8, 4) is 11.8 Å². The maximum absolute atomic E-state index is 11.9. The standard InChI is InChI=1S/C13H17NO5S2/c1-2-20(16,17)11-9-14-21(18,19)13-7-5-12(6-8-13)4-3-10-15/h5-8,14-15H,2,9-11H2,1H3. The highest BCUT2D eigenvalue weighted by Crippen LogP contribution is 2.09. The molecule has 1 aromatic rings. The van der Waals surface area contributed by atoms with Gasteiger partial charge in [-0.15, -0.1) is 0 Å². The third-order valence-corrected chi connectivity index (χ3v) is 5.80. The second-order valence-corrected chi connectivity index (χ2v) is 8.36. The molecule has 0 heterocycles. The molecule has 0 atom stereocenters. The summed E-state index contributed by atoms with van der Waals surface area (Å²) in [5.74, 6) is 4.85. The summed E-state index contributed by atoms with van der Waals surface area (Å²) in [5.41, 5.74) is 0.580. The highest BCUT2D eigenvalue weighted by Gasteiger charge is 2.15. The lowest BCUT2D eigenvalue weighted by Crippen LogP contribution is -2.29. The molecule has 0 saturated heterocycles. The van der Waals surface area contributed by atoms with Crippen molar-refractivity contribution in [3.05, 3.63) is 29.8 Å². The van der Waals surface area contributed by atoms with Crippen LogP contribution in [0.5, 0.6) is 0 Å². The van der Waals surface area contributed by atoms with Gasteiger partial charge in [0.2, 0.25) is 10.0 Å². The molecule has 0 saturated carbocycles. The van der Waals surface area contributed by atoms with Crippen LogP contribution in [0.15, 0.2) is 29.2 Å². The van der Waals surface area contributed by atoms with Gasteiger partial charge in [-0.05, 0) is 24.3 Å². The number of sulfone groups is 1. The number of sulfonamides is 1. The minimum atomic E-state index is -3.74. The van der Waals surface area contributed by atoms with E-state index in [-0.39, 0.29) is 29.6 Å². The molecule has 0 radical (unpaired) electrons. The molecule has 1 aromatic carbocycles. The Labute approximate surface area is 125 Å². The normalized spacial score (nSPS) is 11.7. The third-order valence-electron chi connectivity index (χ3n) is 2.62. The molecule has 0 fully saturated rings. The molecule has 1 rings (SSSR count). The number of aliphatic hydroxyl groups excluding tert-OH is 1. The lowest BCUT2D eigenvalue weighted by molar-refractivity contribution is 0.350. The molecular weight excluding hydrogens is 314 g/mol. The summed E-state index contributed by atoms with van der Waals surface area (Å²) >= 11 is 0. The van der Waals surface area contributed by atoms with Crippen molar-refractivity contribution in [1.82, 2.24) is 4.72 Å². The van der Waals surface area contributed by atoms with Crippen LogP contribution in [0.4, 0.5) is 0 Å². The first-order valence-corrected chi connectivity index (χ1v) is 9.51. The number of rotatable bonds is 6. The topological polar surface area (TPSA) is 101 Å². The van der Waals surface area contributed by atoms with Crippen molar-refractivity contribution in [1.29, 1.82) is 0 Å². The Morgan fingerprint density at radius 2 is 1.76 bits per heavy atom. The van der Waals surface area contributed by atoms with E-state index >= 15 is 0 Å². The van der Waals surface area contributed by atoms with Crippen LogP contribution >= 0.6 is 0 Å². The molecule has 116 valence electrons. The van der Waals surface area contributed by atoms with Gasteiger partial charge in [0, 0.05) is 17.9 Å². The summed E-state index contributed by atoms with van der Waals surface area (Å²) in [5, 5.41) is 8.57. The van der Waals surface area contributed by atoms with Crippen LogP contribution in [0.25, 0.3) is 0 Å². The van der Waals surface area contributed by atoms with Crippen LogP contribution in [-0.2, 0) is 19.9 Å². The summed E-state index contributed by atoms with van der Waals surface area (Å²) in [6.45, 7) is 1.08. The zero-order valence-corrected chi connectivity index (χ0v) is 13.2. The Morgan fingerprint density at radius 3 is 2.29 bits per heavy atom. The van der Waals surface area contributed by atoms with E-state index in [4.69, 9.17) is 5.11 Å². The predicted molar refractivity (Wildman–Crippen MR) is 79.9 cm³/mol. The maximum atomic E-state index is 11.9. The molecule has 6 nitrogen and oxygen atoms in total. The zero-order chi connectivity index (χ0) is 15.9. The third kappa shape index (κ3) is 5.85. The molecule has 0 aliphatic rings. The largest absolute Gasteiger partial charge is 0.384 e. The Morgan fingerprint density at radius 1 is 1.14 bits per heavy atom. The van der Waals surface area contributed by atoms with Gasteiger partial charge in [-0.25, -0.2) is 21.6 Å². The number of aliphatic hydroxyl groups is 1. The molecule has 2 N–H and O–H groups in total. The van der Waals surface area contributed by atoms with Crippen molar-refractivity contribution >= 4 is 19.9 Å². The number of nitrogens with one attached hydrogen (secondary N) is 1. The van der Waals surface area contributed by atoms with Crippen LogP contribution in [0.1, 0.15) is 12.5 Å². The van der Waals surface area contributed by atoms with Gasteiger partial charge in [0.25, 0.3) is 0 Å². The molecule has 0 aliphatic carbocycles. The zero-order valence-electron chi connectivity index (χ0n) is 11.5. The van der Waals surface area contributed by atoms with Gasteiger partial charge >= 0.3 is 0 Å². The van der Waals surface area contributed by atoms with Gasteiger partial charge < -0.3 is 5.11 Å². The van der Waals surface area contributed by atoms with Gasteiger partial charge in [-0.2, -0.15) is 0 Å². The van der Waals surface area contributed by atoms with Crippen LogP contribution in [0.3, 0.4) is 0 Å². The van der Waals surface area contributed by atoms with Crippen molar-refractivity contribution in [3.63, 3.8) is 0 Å². The van der Waals surface area contributed by atoms with Crippen molar-refractivity contribution in [2.45, 2.75) is 11.8 Å². The average molecular weight is 331 g/mol. The highest BCUT2D eigenvalue weighted by atomic mass is 32.2. The van der Waals surface area contributed by atoms with E-state index in [0.29, 0.717) is 5.56 Å². The summed E-state index contributed by atoms with van der Waals surface area (Å²) in [4.78, 5) is 0.0333. The lowest BCUT2D eigenvalue weighted by Gasteiger charge is -2.06. The van der Waals surface area contributed by atoms with Gasteiger partial charge in [-0.1, -0.05) is 18.8 Å². The second-order valence-electron chi connectivity index (χ2n) is 4.12. The fourth-order valence-electron chi connectivity index (χ4n) is 1.42. The van der Waals surface area contributed by atoms with E-state index in [2.05, 4.69) is 16.6 Å². The molecule has 21 heavy (non-hydrogen) atoms. The molecule has 0 aliphatic heterocycles. The van der Waals surface area contributed by atoms with Gasteiger partial charge in [-0.3, -0.25) is 0 Å². The molecule has 0 unspecified atom stereocenters. The average Bonchev–Trinajstić information content (AvgIpc) is 2.45. The van der Waals surface area contributed by atoms with Crippen LogP contribution < -0.4 is 4.72 Å². The van der Waals surface area contributed by atoms with Crippen LogP contribution in [0.2, 0.25) is 0 Å². The van der Waals surface area contributed by atoms with E-state index in [1.807, 2.05) is 0 Å². The molecule has 0 aromatic heterocycles. The van der Waals surface area contributed by atoms with E-state index in [1.165, 1.54) is 31.2 Å². The van der Waals surface area contributed by atoms with Gasteiger partial charge in [0.1, 0.15) is 6.61 Å². The summed E-state index contributed by atoms with van der Waals surface area (Å²) in [7, 11) is -6.95. The molecular formula is C13H17NO5S2. The predicted octanol–water partition coefficient (Wildman–Crippen LogP) is -0.257. The van der Waals surface area contributed by atoms with E-state index in [0.717, 1.165) is 0 Å². The number of benzene rings is 1. The fraction of sp³-hybridized carbons (Fsp3) is 0.385. The molecule has 0 amide bonds. The van der Waals surface area contributed by atoms with Crippen molar-refractivity contribution < 1.29 is 21.9 Å². The minimum absolute atomic E-state index is 0.0209. The number of hydrogen-bond donors (Lipinski definition) is 2. The Bertz CT molecular complexity index is 725. The van der Waals surface area contributed by atoms with Crippen molar-refractivity contribution in [2.24, 2.45) is 0 Å². The smallest absolute Gasteiger partial charge is 0.240 e. The van der Waals surface area contributed by atoms with Gasteiger partial charge in [0.15, 0.2) is 9.84 Å². The molecule has 0 spiro atoms. The second kappa shape index (κ2) is 7.56. The molecule has 0 bridgehead atoms. The summed E-state index contributed by atoms with van der Waals surface area (Å²) in [6.07, 6.45) is 0. The first kappa shape index (κ1) is 17.7. The number of hydrogen-bond acceptors (Lipinski definition) is 5. The summed E-state index contributed by atoms with van der Waals surface area (Å²) in [6, 6.07) is 5.77. The van der Waals surface area contributed by atoms with Gasteiger partial charge in [0.05, 0.1) is 10.6 Å². The first-order chi connectivity index (χ1) is 9.80. The van der Waals surface area contributed by atoms with E-state index in [9.17, 15) is 16.8 Å². The first-order valence-electron chi connectivity index (χ1n) is 6.20. The maximum Gasteiger partial charge on any atom is 0.240 e. The summed E-state index contributed by atoms with van der Waals surface area (Å²) < 4.78 is 48.7. The van der Waals surface area contributed by atoms with E-state index < -0.39 is 19.9 Å². The lowest BCUT2D eigenvalue weighted by atomic mass is 10.2. The Hall–Kier alpha value is -1.40. The SMILES string of the molecule is CCS(=O)(=O)CCNS(=O)(=O)c1ccc(C#CCO)cc1. The monoisotopic (exact) mass is 331 g/mol. The van der Waals surface area contributed by atoms with Crippen LogP contribution in [0, 0.1) is 11.8 Å². The fourth-order valence-corrected chi connectivity index (χ4v) is 3.28.